The van der Waals surface area contributed by atoms with Gasteiger partial charge in [-0.05, 0) is 44.2 Å². The molecule has 0 unspecified atom stereocenters. The Labute approximate surface area is 116 Å². The molecule has 1 aliphatic heterocycles. The lowest BCUT2D eigenvalue weighted by molar-refractivity contribution is -0.125. The Bertz CT molecular complexity index is 632. The summed E-state index contributed by atoms with van der Waals surface area (Å²) < 4.78 is 18.8. The Morgan fingerprint density at radius 2 is 2.35 bits per heavy atom. The van der Waals surface area contributed by atoms with E-state index in [1.54, 1.807) is 12.1 Å². The van der Waals surface area contributed by atoms with E-state index >= 15 is 0 Å². The lowest BCUT2D eigenvalue weighted by atomic mass is 10.1. The van der Waals surface area contributed by atoms with Gasteiger partial charge in [-0.2, -0.15) is 0 Å². The number of fused-ring (bicyclic) bond motifs is 1. The summed E-state index contributed by atoms with van der Waals surface area (Å²) in [4.78, 5) is 12.0. The van der Waals surface area contributed by atoms with Gasteiger partial charge in [0, 0.05) is 11.9 Å². The number of carbonyl (C=O) groups is 1. The van der Waals surface area contributed by atoms with Crippen LogP contribution in [0.1, 0.15) is 25.1 Å². The van der Waals surface area contributed by atoms with Crippen molar-refractivity contribution in [1.82, 2.24) is 10.6 Å². The molecule has 106 valence electrons. The SMILES string of the molecule is C[C@@H](NC(=O)[C@@H]1CCNC1)c1cc2cc(F)ccc2o1. The highest BCUT2D eigenvalue weighted by Crippen LogP contribution is 2.25. The second kappa shape index (κ2) is 5.25. The van der Waals surface area contributed by atoms with E-state index < -0.39 is 0 Å². The first kappa shape index (κ1) is 13.1. The van der Waals surface area contributed by atoms with E-state index in [1.165, 1.54) is 12.1 Å². The number of benzene rings is 1. The average molecular weight is 276 g/mol. The molecule has 2 atom stereocenters. The van der Waals surface area contributed by atoms with Crippen LogP contribution in [0.25, 0.3) is 11.0 Å². The number of furan rings is 1. The maximum atomic E-state index is 13.1. The zero-order chi connectivity index (χ0) is 14.1. The first-order chi connectivity index (χ1) is 9.63. The third kappa shape index (κ3) is 2.54. The van der Waals surface area contributed by atoms with Crippen LogP contribution in [0.2, 0.25) is 0 Å². The van der Waals surface area contributed by atoms with E-state index in [4.69, 9.17) is 4.42 Å². The number of hydrogen-bond acceptors (Lipinski definition) is 3. The fourth-order valence-electron chi connectivity index (χ4n) is 2.53. The minimum absolute atomic E-state index is 0.0271. The van der Waals surface area contributed by atoms with Crippen molar-refractivity contribution in [2.75, 3.05) is 13.1 Å². The van der Waals surface area contributed by atoms with E-state index in [1.807, 2.05) is 6.92 Å². The summed E-state index contributed by atoms with van der Waals surface area (Å²) in [6.45, 7) is 3.48. The van der Waals surface area contributed by atoms with Crippen molar-refractivity contribution >= 4 is 16.9 Å². The Balaban J connectivity index is 1.74. The molecular weight excluding hydrogens is 259 g/mol. The molecule has 0 radical (unpaired) electrons. The van der Waals surface area contributed by atoms with Crippen LogP contribution < -0.4 is 10.6 Å². The smallest absolute Gasteiger partial charge is 0.225 e. The quantitative estimate of drug-likeness (QED) is 0.905. The number of hydrogen-bond donors (Lipinski definition) is 2. The molecule has 2 aromatic rings. The molecule has 20 heavy (non-hydrogen) atoms. The Morgan fingerprint density at radius 3 is 3.10 bits per heavy atom. The van der Waals surface area contributed by atoms with Crippen molar-refractivity contribution in [3.8, 4) is 0 Å². The van der Waals surface area contributed by atoms with Crippen molar-refractivity contribution < 1.29 is 13.6 Å². The van der Waals surface area contributed by atoms with Gasteiger partial charge in [0.1, 0.15) is 17.2 Å². The predicted molar refractivity (Wildman–Crippen MR) is 73.7 cm³/mol. The Hall–Kier alpha value is -1.88. The second-order valence-corrected chi connectivity index (χ2v) is 5.25. The summed E-state index contributed by atoms with van der Waals surface area (Å²) in [5.74, 6) is 0.414. The molecule has 2 N–H and O–H groups in total. The van der Waals surface area contributed by atoms with Gasteiger partial charge in [0.05, 0.1) is 12.0 Å². The zero-order valence-electron chi connectivity index (χ0n) is 11.3. The number of halogens is 1. The standard InChI is InChI=1S/C15H17FN2O2/c1-9(18-15(19)10-4-5-17-8-10)14-7-11-6-12(16)2-3-13(11)20-14/h2-3,6-7,9-10,17H,4-5,8H2,1H3,(H,18,19)/t9-,10-/m1/s1. The maximum absolute atomic E-state index is 13.1. The maximum Gasteiger partial charge on any atom is 0.225 e. The van der Waals surface area contributed by atoms with Gasteiger partial charge >= 0.3 is 0 Å². The van der Waals surface area contributed by atoms with Crippen LogP contribution in [0, 0.1) is 11.7 Å². The fraction of sp³-hybridized carbons (Fsp3) is 0.400. The van der Waals surface area contributed by atoms with Gasteiger partial charge in [0.2, 0.25) is 5.91 Å². The minimum Gasteiger partial charge on any atom is -0.459 e. The summed E-state index contributed by atoms with van der Waals surface area (Å²) >= 11 is 0. The minimum atomic E-state index is -0.293. The predicted octanol–water partition coefficient (Wildman–Crippen LogP) is 2.36. The molecule has 0 aliphatic carbocycles. The first-order valence-electron chi connectivity index (χ1n) is 6.83. The highest BCUT2D eigenvalue weighted by Gasteiger charge is 2.24. The van der Waals surface area contributed by atoms with E-state index in [0.717, 1.165) is 19.5 Å². The molecule has 3 rings (SSSR count). The number of nitrogens with one attached hydrogen (secondary N) is 2. The van der Waals surface area contributed by atoms with Crippen molar-refractivity contribution in [3.63, 3.8) is 0 Å². The Morgan fingerprint density at radius 1 is 1.50 bits per heavy atom. The van der Waals surface area contributed by atoms with Crippen LogP contribution in [0.15, 0.2) is 28.7 Å². The zero-order valence-corrected chi connectivity index (χ0v) is 11.3. The molecule has 5 heteroatoms. The largest absolute Gasteiger partial charge is 0.459 e. The summed E-state index contributed by atoms with van der Waals surface area (Å²) in [7, 11) is 0. The normalized spacial score (nSPS) is 20.2. The van der Waals surface area contributed by atoms with Gasteiger partial charge in [-0.15, -0.1) is 0 Å². The molecule has 1 fully saturated rings. The molecule has 1 aromatic heterocycles. The molecule has 1 saturated heterocycles. The number of carbonyl (C=O) groups excluding carboxylic acids is 1. The van der Waals surface area contributed by atoms with Crippen molar-refractivity contribution in [1.29, 1.82) is 0 Å². The van der Waals surface area contributed by atoms with E-state index in [-0.39, 0.29) is 23.7 Å². The molecule has 1 aromatic carbocycles. The Kier molecular flexibility index (Phi) is 3.44. The molecule has 0 saturated carbocycles. The van der Waals surface area contributed by atoms with Crippen molar-refractivity contribution in [3.05, 3.63) is 35.8 Å². The van der Waals surface area contributed by atoms with Crippen LogP contribution in [0.3, 0.4) is 0 Å². The summed E-state index contributed by atoms with van der Waals surface area (Å²) in [6, 6.07) is 5.94. The average Bonchev–Trinajstić information content (AvgIpc) is 3.07. The summed E-state index contributed by atoms with van der Waals surface area (Å²) in [5, 5.41) is 6.83. The summed E-state index contributed by atoms with van der Waals surface area (Å²) in [6.07, 6.45) is 0.865. The molecule has 4 nitrogen and oxygen atoms in total. The topological polar surface area (TPSA) is 54.3 Å². The van der Waals surface area contributed by atoms with Gasteiger partial charge in [0.25, 0.3) is 0 Å². The number of amides is 1. The van der Waals surface area contributed by atoms with Gasteiger partial charge < -0.3 is 15.1 Å². The lowest BCUT2D eigenvalue weighted by Crippen LogP contribution is -2.33. The molecule has 2 heterocycles. The summed E-state index contributed by atoms with van der Waals surface area (Å²) in [5.41, 5.74) is 0.630. The first-order valence-corrected chi connectivity index (χ1v) is 6.83. The van der Waals surface area contributed by atoms with Gasteiger partial charge in [-0.25, -0.2) is 4.39 Å². The number of rotatable bonds is 3. The van der Waals surface area contributed by atoms with Crippen LogP contribution >= 0.6 is 0 Å². The second-order valence-electron chi connectivity index (χ2n) is 5.25. The third-order valence-electron chi connectivity index (χ3n) is 3.71. The van der Waals surface area contributed by atoms with Crippen LogP contribution in [-0.2, 0) is 4.79 Å². The fourth-order valence-corrected chi connectivity index (χ4v) is 2.53. The van der Waals surface area contributed by atoms with Crippen LogP contribution in [0.4, 0.5) is 4.39 Å². The highest BCUT2D eigenvalue weighted by atomic mass is 19.1. The molecule has 0 bridgehead atoms. The van der Waals surface area contributed by atoms with E-state index in [0.29, 0.717) is 16.7 Å². The van der Waals surface area contributed by atoms with Gasteiger partial charge in [-0.1, -0.05) is 0 Å². The van der Waals surface area contributed by atoms with Gasteiger partial charge in [-0.3, -0.25) is 4.79 Å². The molecular formula is C15H17FN2O2. The van der Waals surface area contributed by atoms with Crippen molar-refractivity contribution in [2.45, 2.75) is 19.4 Å². The monoisotopic (exact) mass is 276 g/mol. The van der Waals surface area contributed by atoms with Gasteiger partial charge in [0.15, 0.2) is 0 Å². The third-order valence-corrected chi connectivity index (χ3v) is 3.71. The van der Waals surface area contributed by atoms with Crippen LogP contribution in [-0.4, -0.2) is 19.0 Å². The lowest BCUT2D eigenvalue weighted by Gasteiger charge is -2.14. The van der Waals surface area contributed by atoms with Crippen molar-refractivity contribution in [2.24, 2.45) is 5.92 Å². The van der Waals surface area contributed by atoms with E-state index in [2.05, 4.69) is 10.6 Å². The van der Waals surface area contributed by atoms with E-state index in [9.17, 15) is 9.18 Å². The molecule has 1 aliphatic rings. The molecule has 1 amide bonds. The van der Waals surface area contributed by atoms with Crippen LogP contribution in [0.5, 0.6) is 0 Å². The highest BCUT2D eigenvalue weighted by molar-refractivity contribution is 5.80. The molecule has 0 spiro atoms.